The highest BCUT2D eigenvalue weighted by atomic mass is 19.4. The van der Waals surface area contributed by atoms with Crippen molar-refractivity contribution in [2.75, 3.05) is 13.2 Å². The zero-order chi connectivity index (χ0) is 39.5. The van der Waals surface area contributed by atoms with Crippen LogP contribution in [0.5, 0.6) is 0 Å². The van der Waals surface area contributed by atoms with Gasteiger partial charge in [0.15, 0.2) is 11.2 Å². The fourth-order valence-corrected chi connectivity index (χ4v) is 11.0. The molecule has 10 aliphatic rings. The van der Waals surface area contributed by atoms with Crippen LogP contribution in [0.1, 0.15) is 90.4 Å². The number of pyridine rings is 1. The van der Waals surface area contributed by atoms with E-state index in [2.05, 4.69) is 18.8 Å². The third-order valence-corrected chi connectivity index (χ3v) is 13.7. The lowest BCUT2D eigenvalue weighted by atomic mass is 9.59. The molecule has 4 bridgehead atoms. The summed E-state index contributed by atoms with van der Waals surface area (Å²) in [6, 6.07) is 4.96. The molecule has 2 aliphatic carbocycles. The average molecular weight is 804 g/mol. The Kier molecular flexibility index (Phi) is 9.40. The van der Waals surface area contributed by atoms with Crippen molar-refractivity contribution < 1.29 is 74.3 Å². The Bertz CT molecular complexity index is 1650. The predicted octanol–water partition coefficient (Wildman–Crippen LogP) is 8.24. The summed E-state index contributed by atoms with van der Waals surface area (Å²) in [6.45, 7) is 6.28. The maximum absolute atomic E-state index is 14.6. The lowest BCUT2D eigenvalue weighted by molar-refractivity contribution is -0.558. The van der Waals surface area contributed by atoms with E-state index in [4.69, 9.17) is 48.0 Å². The van der Waals surface area contributed by atoms with Crippen LogP contribution in [0.3, 0.4) is 0 Å². The maximum atomic E-state index is 14.6. The number of aromatic nitrogens is 1. The van der Waals surface area contributed by atoms with Gasteiger partial charge in [-0.2, -0.15) is 26.3 Å². The van der Waals surface area contributed by atoms with Gasteiger partial charge in [-0.05, 0) is 76.3 Å². The molecule has 12 atom stereocenters. The molecular weight excluding hydrogens is 756 g/mol. The summed E-state index contributed by atoms with van der Waals surface area (Å²) in [5.74, 6) is -6.23. The van der Waals surface area contributed by atoms with E-state index >= 15 is 0 Å². The summed E-state index contributed by atoms with van der Waals surface area (Å²) >= 11 is 0. The molecule has 1 aromatic heterocycles. The summed E-state index contributed by atoms with van der Waals surface area (Å²) < 4.78 is 123. The van der Waals surface area contributed by atoms with Gasteiger partial charge in [0.25, 0.3) is 0 Å². The van der Waals surface area contributed by atoms with E-state index in [-0.39, 0.29) is 48.0 Å². The van der Waals surface area contributed by atoms with Crippen LogP contribution in [0.4, 0.5) is 26.3 Å². The number of hydrogen-bond acceptors (Lipinski definition) is 11. The molecule has 1 aromatic rings. The average Bonchev–Trinajstić information content (AvgIpc) is 3.51. The smallest absolute Gasteiger partial charge is 0.449 e. The van der Waals surface area contributed by atoms with Crippen LogP contribution in [0.2, 0.25) is 0 Å². The predicted molar refractivity (Wildman–Crippen MR) is 177 cm³/mol. The standard InChI is InChI=1S/C39H47F6NO10/c1-20-8-10-28-24(30(38(40,41)42)49-32-36(28)26(20)12-14-34(3,51-32)53-55-36)18-47-16-22-6-5-7-23(46-22)17-48-19-25-29-11-9-21(2)27-13-15-35(4)52-33(37(27,29)56-54-35)50-31(25)39(43,44)45/h5-7,20-21,26-29,32-33H,8-19H2,1-4H3/t20-,21-,26+,27+,28+,29+,32-,33-,34-,35+,36-,37-/m1/s1. The summed E-state index contributed by atoms with van der Waals surface area (Å²) in [4.78, 5) is 28.1. The maximum Gasteiger partial charge on any atom is 0.449 e. The van der Waals surface area contributed by atoms with Gasteiger partial charge in [0.1, 0.15) is 0 Å². The zero-order valence-electron chi connectivity index (χ0n) is 31.6. The van der Waals surface area contributed by atoms with Crippen LogP contribution < -0.4 is 0 Å². The minimum absolute atomic E-state index is 0.0663. The molecule has 0 amide bonds. The van der Waals surface area contributed by atoms with Crippen molar-refractivity contribution in [1.82, 2.24) is 4.98 Å². The highest BCUT2D eigenvalue weighted by Gasteiger charge is 2.72. The Balaban J connectivity index is 0.906. The molecule has 2 saturated carbocycles. The van der Waals surface area contributed by atoms with Crippen LogP contribution in [0.15, 0.2) is 40.9 Å². The van der Waals surface area contributed by atoms with Gasteiger partial charge in [-0.15, -0.1) is 0 Å². The van der Waals surface area contributed by atoms with Crippen LogP contribution in [0.25, 0.3) is 0 Å². The van der Waals surface area contributed by atoms with Crippen LogP contribution in [-0.2, 0) is 61.2 Å². The lowest BCUT2D eigenvalue weighted by Gasteiger charge is -2.57. The second-order valence-electron chi connectivity index (χ2n) is 17.3. The first-order valence-corrected chi connectivity index (χ1v) is 19.6. The van der Waals surface area contributed by atoms with Crippen molar-refractivity contribution in [1.29, 1.82) is 0 Å². The number of ether oxygens (including phenoxy) is 6. The summed E-state index contributed by atoms with van der Waals surface area (Å²) in [5, 5.41) is 0. The van der Waals surface area contributed by atoms with Gasteiger partial charge >= 0.3 is 12.4 Å². The normalized spacial score (nSPS) is 43.0. The van der Waals surface area contributed by atoms with Crippen LogP contribution in [0, 0.1) is 35.5 Å². The quantitative estimate of drug-likeness (QED) is 0.188. The van der Waals surface area contributed by atoms with Gasteiger partial charge in [0.05, 0.1) is 37.8 Å². The van der Waals surface area contributed by atoms with Gasteiger partial charge in [-0.1, -0.05) is 19.9 Å². The van der Waals surface area contributed by atoms with Crippen molar-refractivity contribution in [2.24, 2.45) is 35.5 Å². The van der Waals surface area contributed by atoms with Crippen molar-refractivity contribution in [3.05, 3.63) is 52.3 Å². The molecular formula is C39H47F6NO10. The van der Waals surface area contributed by atoms with Crippen LogP contribution in [-0.4, -0.2) is 65.9 Å². The van der Waals surface area contributed by atoms with Gasteiger partial charge in [-0.3, -0.25) is 4.98 Å². The first kappa shape index (κ1) is 39.0. The van der Waals surface area contributed by atoms with E-state index in [0.29, 0.717) is 62.8 Å². The Hall–Kier alpha value is -2.51. The Morgan fingerprint density at radius 2 is 1.05 bits per heavy atom. The van der Waals surface area contributed by atoms with Crippen molar-refractivity contribution in [3.8, 4) is 0 Å². The van der Waals surface area contributed by atoms with E-state index in [1.165, 1.54) is 0 Å². The van der Waals surface area contributed by atoms with E-state index in [1.807, 2.05) is 0 Å². The summed E-state index contributed by atoms with van der Waals surface area (Å²) in [7, 11) is 0. The van der Waals surface area contributed by atoms with Crippen molar-refractivity contribution in [2.45, 2.75) is 140 Å². The second kappa shape index (κ2) is 13.5. The molecule has 56 heavy (non-hydrogen) atoms. The zero-order valence-corrected chi connectivity index (χ0v) is 31.6. The summed E-state index contributed by atoms with van der Waals surface area (Å²) in [6.07, 6.45) is -7.88. The molecule has 2 spiro atoms. The molecule has 0 unspecified atom stereocenters. The highest BCUT2D eigenvalue weighted by Crippen LogP contribution is 2.63. The molecule has 17 heteroatoms. The first-order chi connectivity index (χ1) is 26.5. The molecule has 9 heterocycles. The van der Waals surface area contributed by atoms with Crippen LogP contribution >= 0.6 is 0 Å². The molecule has 310 valence electrons. The topological polar surface area (TPSA) is 105 Å². The first-order valence-electron chi connectivity index (χ1n) is 19.6. The Morgan fingerprint density at radius 1 is 0.625 bits per heavy atom. The Labute approximate surface area is 320 Å². The third kappa shape index (κ3) is 6.20. The van der Waals surface area contributed by atoms with Gasteiger partial charge in [-0.25, -0.2) is 19.6 Å². The number of alkyl halides is 6. The number of hydrogen-bond donors (Lipinski definition) is 0. The SMILES string of the molecule is C[C@@H]1CC[C@H]2C(COCc3cccc(COCC4=C(C(F)(F)F)O[C@@H]5O[C@]6(C)CC[C@H]7[C@H](C)CC[C@@H]4[C@@]57OO6)n3)=C(C(F)(F)F)O[C@@H]3O[C@@]4(C)CC[C@@H]1[C@]32OO4. The second-order valence-corrected chi connectivity index (χ2v) is 17.3. The van der Waals surface area contributed by atoms with E-state index in [0.717, 1.165) is 0 Å². The highest BCUT2D eigenvalue weighted by molar-refractivity contribution is 5.30. The fraction of sp³-hybridized carbons (Fsp3) is 0.769. The minimum Gasteiger partial charge on any atom is -0.456 e. The molecule has 11 nitrogen and oxygen atoms in total. The van der Waals surface area contributed by atoms with E-state index in [9.17, 15) is 26.3 Å². The molecule has 0 aromatic carbocycles. The van der Waals surface area contributed by atoms with Gasteiger partial charge in [0.2, 0.25) is 35.7 Å². The lowest BCUT2D eigenvalue weighted by Crippen LogP contribution is -2.67. The number of fused-ring (bicyclic) bond motifs is 4. The van der Waals surface area contributed by atoms with Gasteiger partial charge < -0.3 is 28.4 Å². The molecule has 0 radical (unpaired) electrons. The molecule has 0 N–H and O–H groups in total. The molecule has 6 saturated heterocycles. The number of nitrogens with zero attached hydrogens (tertiary/aromatic N) is 1. The van der Waals surface area contributed by atoms with Gasteiger partial charge in [0, 0.05) is 47.7 Å². The summed E-state index contributed by atoms with van der Waals surface area (Å²) in [5.41, 5.74) is -1.88. The number of allylic oxidation sites excluding steroid dienone is 2. The Morgan fingerprint density at radius 3 is 1.46 bits per heavy atom. The molecule has 8 aliphatic heterocycles. The minimum atomic E-state index is -4.81. The van der Waals surface area contributed by atoms with Crippen molar-refractivity contribution in [3.63, 3.8) is 0 Å². The van der Waals surface area contributed by atoms with E-state index < -0.39 is 84.3 Å². The fourth-order valence-electron chi connectivity index (χ4n) is 11.0. The molecule has 11 rings (SSSR count). The monoisotopic (exact) mass is 803 g/mol. The third-order valence-electron chi connectivity index (χ3n) is 13.7. The largest absolute Gasteiger partial charge is 0.456 e. The molecule has 8 fully saturated rings. The number of rotatable bonds is 8. The number of halogens is 6. The van der Waals surface area contributed by atoms with Crippen molar-refractivity contribution >= 4 is 0 Å². The van der Waals surface area contributed by atoms with E-state index in [1.54, 1.807) is 32.0 Å².